The van der Waals surface area contributed by atoms with Gasteiger partial charge in [-0.2, -0.15) is 5.10 Å². The number of rotatable bonds is 6. The van der Waals surface area contributed by atoms with Gasteiger partial charge in [-0.15, -0.1) is 0 Å². The third-order valence-electron chi connectivity index (χ3n) is 5.21. The van der Waals surface area contributed by atoms with Crippen molar-refractivity contribution in [3.8, 4) is 16.9 Å². The first-order valence-electron chi connectivity index (χ1n) is 9.50. The molecule has 1 N–H and O–H groups in total. The second-order valence-corrected chi connectivity index (χ2v) is 6.92. The maximum Gasteiger partial charge on any atom is 0.127 e. The summed E-state index contributed by atoms with van der Waals surface area (Å²) in [5, 5.41) is 7.60. The van der Waals surface area contributed by atoms with E-state index in [9.17, 15) is 0 Å². The predicted octanol–water partition coefficient (Wildman–Crippen LogP) is 3.77. The van der Waals surface area contributed by atoms with Crippen molar-refractivity contribution in [2.45, 2.75) is 38.8 Å². The highest BCUT2D eigenvalue weighted by Crippen LogP contribution is 2.37. The normalized spacial score (nSPS) is 17.3. The third-order valence-corrected chi connectivity index (χ3v) is 5.21. The van der Waals surface area contributed by atoms with Crippen molar-refractivity contribution >= 4 is 0 Å². The Morgan fingerprint density at radius 1 is 1.22 bits per heavy atom. The van der Waals surface area contributed by atoms with Crippen LogP contribution in [0.5, 0.6) is 5.75 Å². The van der Waals surface area contributed by atoms with E-state index >= 15 is 0 Å². The minimum atomic E-state index is 0.319. The summed E-state index contributed by atoms with van der Waals surface area (Å²) in [5.74, 6) is 1.75. The zero-order valence-electron chi connectivity index (χ0n) is 15.9. The Labute approximate surface area is 159 Å². The molecule has 0 spiro atoms. The van der Waals surface area contributed by atoms with E-state index in [1.807, 2.05) is 30.7 Å². The summed E-state index contributed by atoms with van der Waals surface area (Å²) in [4.78, 5) is 11.4. The quantitative estimate of drug-likeness (QED) is 0.722. The summed E-state index contributed by atoms with van der Waals surface area (Å²) < 4.78 is 5.38. The molecule has 4 rings (SSSR count). The van der Waals surface area contributed by atoms with E-state index in [0.717, 1.165) is 54.2 Å². The number of nitrogens with zero attached hydrogens (tertiary/aromatic N) is 4. The van der Waals surface area contributed by atoms with Crippen molar-refractivity contribution in [2.75, 3.05) is 13.7 Å². The molecule has 27 heavy (non-hydrogen) atoms. The molecule has 2 aromatic heterocycles. The Balaban J connectivity index is 1.58. The maximum atomic E-state index is 5.38. The number of likely N-dealkylation sites (tertiary alicyclic amines) is 1. The van der Waals surface area contributed by atoms with E-state index in [4.69, 9.17) is 4.74 Å². The molecular weight excluding hydrogens is 338 g/mol. The molecule has 3 aromatic rings. The van der Waals surface area contributed by atoms with Gasteiger partial charge >= 0.3 is 0 Å². The molecule has 0 aliphatic carbocycles. The zero-order valence-corrected chi connectivity index (χ0v) is 15.9. The van der Waals surface area contributed by atoms with Crippen LogP contribution in [0.2, 0.25) is 0 Å². The molecule has 1 saturated heterocycles. The van der Waals surface area contributed by atoms with Crippen molar-refractivity contribution in [3.63, 3.8) is 0 Å². The number of aromatic amines is 1. The van der Waals surface area contributed by atoms with Gasteiger partial charge in [-0.1, -0.05) is 19.1 Å². The summed E-state index contributed by atoms with van der Waals surface area (Å²) >= 11 is 0. The predicted molar refractivity (Wildman–Crippen MR) is 104 cm³/mol. The van der Waals surface area contributed by atoms with Crippen molar-refractivity contribution in [1.82, 2.24) is 25.1 Å². The Kier molecular flexibility index (Phi) is 5.16. The van der Waals surface area contributed by atoms with Gasteiger partial charge in [-0.3, -0.25) is 10.00 Å². The minimum Gasteiger partial charge on any atom is -0.497 e. The van der Waals surface area contributed by atoms with Gasteiger partial charge in [-0.25, -0.2) is 9.97 Å². The van der Waals surface area contributed by atoms with Crippen LogP contribution >= 0.6 is 0 Å². The average molecular weight is 363 g/mol. The summed E-state index contributed by atoms with van der Waals surface area (Å²) in [7, 11) is 1.69. The van der Waals surface area contributed by atoms with Crippen LogP contribution in [0.25, 0.3) is 11.1 Å². The fourth-order valence-corrected chi connectivity index (χ4v) is 3.79. The number of H-pyrrole nitrogens is 1. The largest absolute Gasteiger partial charge is 0.497 e. The molecule has 1 aliphatic rings. The summed E-state index contributed by atoms with van der Waals surface area (Å²) in [6.45, 7) is 3.99. The molecule has 0 saturated carbocycles. The lowest BCUT2D eigenvalue weighted by Crippen LogP contribution is -2.23. The first-order valence-corrected chi connectivity index (χ1v) is 9.50. The minimum absolute atomic E-state index is 0.319. The highest BCUT2D eigenvalue weighted by atomic mass is 16.5. The lowest BCUT2D eigenvalue weighted by Gasteiger charge is -2.24. The second kappa shape index (κ2) is 7.88. The fraction of sp³-hybridized carbons (Fsp3) is 0.381. The Morgan fingerprint density at radius 2 is 2.07 bits per heavy atom. The van der Waals surface area contributed by atoms with E-state index in [0.29, 0.717) is 6.04 Å². The van der Waals surface area contributed by atoms with Crippen molar-refractivity contribution < 1.29 is 4.74 Å². The summed E-state index contributed by atoms with van der Waals surface area (Å²) in [5.41, 5.74) is 4.59. The van der Waals surface area contributed by atoms with Gasteiger partial charge in [0.25, 0.3) is 0 Å². The monoisotopic (exact) mass is 363 g/mol. The van der Waals surface area contributed by atoms with Crippen LogP contribution in [0.3, 0.4) is 0 Å². The molecule has 1 atom stereocenters. The maximum absolute atomic E-state index is 5.38. The Hall–Kier alpha value is -2.73. The number of ether oxygens (including phenoxy) is 1. The highest BCUT2D eigenvalue weighted by Gasteiger charge is 2.29. The summed E-state index contributed by atoms with van der Waals surface area (Å²) in [6.07, 6.45) is 8.99. The Morgan fingerprint density at radius 3 is 2.85 bits per heavy atom. The number of benzene rings is 1. The lowest BCUT2D eigenvalue weighted by molar-refractivity contribution is 0.244. The van der Waals surface area contributed by atoms with Gasteiger partial charge in [0.15, 0.2) is 0 Å². The standard InChI is InChI=1S/C21H25N5O/c1-3-20-22-11-15(12-23-20)14-26-9-5-8-19(26)21-18(13-24-25-21)16-6-4-7-17(10-16)27-2/h4,6-7,10-13,19H,3,5,8-9,14H2,1-2H3,(H,24,25). The smallest absolute Gasteiger partial charge is 0.127 e. The topological polar surface area (TPSA) is 66.9 Å². The number of nitrogens with one attached hydrogen (secondary N) is 1. The van der Waals surface area contributed by atoms with Gasteiger partial charge in [0.1, 0.15) is 11.6 Å². The number of hydrogen-bond acceptors (Lipinski definition) is 5. The van der Waals surface area contributed by atoms with E-state index in [2.05, 4.69) is 44.1 Å². The first-order chi connectivity index (χ1) is 13.3. The van der Waals surface area contributed by atoms with Gasteiger partial charge in [-0.05, 0) is 37.1 Å². The van der Waals surface area contributed by atoms with Crippen molar-refractivity contribution in [2.24, 2.45) is 0 Å². The molecule has 3 heterocycles. The molecule has 1 aliphatic heterocycles. The Bertz CT molecular complexity index is 890. The van der Waals surface area contributed by atoms with Crippen LogP contribution < -0.4 is 4.74 Å². The van der Waals surface area contributed by atoms with Crippen LogP contribution in [0, 0.1) is 0 Å². The molecule has 6 nitrogen and oxygen atoms in total. The third kappa shape index (κ3) is 3.71. The molecule has 1 fully saturated rings. The van der Waals surface area contributed by atoms with E-state index in [-0.39, 0.29) is 0 Å². The number of hydrogen-bond donors (Lipinski definition) is 1. The second-order valence-electron chi connectivity index (χ2n) is 6.92. The molecule has 140 valence electrons. The van der Waals surface area contributed by atoms with Gasteiger partial charge in [0, 0.05) is 36.5 Å². The van der Waals surface area contributed by atoms with E-state index in [1.54, 1.807) is 7.11 Å². The molecule has 0 amide bonds. The van der Waals surface area contributed by atoms with Gasteiger partial charge in [0.05, 0.1) is 25.0 Å². The van der Waals surface area contributed by atoms with Crippen LogP contribution in [-0.4, -0.2) is 38.7 Å². The lowest BCUT2D eigenvalue weighted by atomic mass is 10.0. The van der Waals surface area contributed by atoms with E-state index < -0.39 is 0 Å². The molecule has 1 unspecified atom stereocenters. The van der Waals surface area contributed by atoms with Gasteiger partial charge in [0.2, 0.25) is 0 Å². The molecular formula is C21H25N5O. The summed E-state index contributed by atoms with van der Waals surface area (Å²) in [6, 6.07) is 8.47. The SMILES string of the molecule is CCc1ncc(CN2CCCC2c2[nH]ncc2-c2cccc(OC)c2)cn1. The van der Waals surface area contributed by atoms with Gasteiger partial charge < -0.3 is 4.74 Å². The number of methoxy groups -OCH3 is 1. The molecule has 6 heteroatoms. The number of aryl methyl sites for hydroxylation is 1. The van der Waals surface area contributed by atoms with Crippen LogP contribution in [-0.2, 0) is 13.0 Å². The number of aromatic nitrogens is 4. The molecule has 0 bridgehead atoms. The van der Waals surface area contributed by atoms with Crippen LogP contribution in [0.1, 0.15) is 42.9 Å². The van der Waals surface area contributed by atoms with Crippen molar-refractivity contribution in [3.05, 3.63) is 59.9 Å². The molecule has 0 radical (unpaired) electrons. The van der Waals surface area contributed by atoms with Crippen LogP contribution in [0.4, 0.5) is 0 Å². The van der Waals surface area contributed by atoms with E-state index in [1.165, 1.54) is 12.1 Å². The zero-order chi connectivity index (χ0) is 18.6. The van der Waals surface area contributed by atoms with Crippen LogP contribution in [0.15, 0.2) is 42.9 Å². The van der Waals surface area contributed by atoms with Crippen molar-refractivity contribution in [1.29, 1.82) is 0 Å². The highest BCUT2D eigenvalue weighted by molar-refractivity contribution is 5.67. The fourth-order valence-electron chi connectivity index (χ4n) is 3.79. The first kappa shape index (κ1) is 17.7. The molecule has 1 aromatic carbocycles. The average Bonchev–Trinajstić information content (AvgIpc) is 3.37.